The number of halogens is 1. The molecular weight excluding hydrogens is 626 g/mol. The van der Waals surface area contributed by atoms with Crippen LogP contribution in [0.5, 0.6) is 0 Å². The van der Waals surface area contributed by atoms with Crippen molar-refractivity contribution in [2.24, 2.45) is 52.3 Å². The van der Waals surface area contributed by atoms with Gasteiger partial charge in [0.1, 0.15) is 5.78 Å². The molecule has 1 heterocycles. The molecule has 4 aliphatic carbocycles. The predicted molar refractivity (Wildman–Crippen MR) is 164 cm³/mol. The Kier molecular flexibility index (Phi) is 8.94. The molecule has 41 heavy (non-hydrogen) atoms. The minimum absolute atomic E-state index is 0.0127. The van der Waals surface area contributed by atoms with Gasteiger partial charge in [-0.2, -0.15) is 8.42 Å². The first-order chi connectivity index (χ1) is 19.1. The maximum absolute atomic E-state index is 13.4. The van der Waals surface area contributed by atoms with Crippen molar-refractivity contribution in [1.82, 2.24) is 5.32 Å². The summed E-state index contributed by atoms with van der Waals surface area (Å²) in [6.45, 7) is 11.1. The second-order valence-electron chi connectivity index (χ2n) is 14.4. The Balaban J connectivity index is 1.34. The van der Waals surface area contributed by atoms with E-state index in [4.69, 9.17) is 4.18 Å². The van der Waals surface area contributed by atoms with Crippen molar-refractivity contribution in [1.29, 1.82) is 0 Å². The van der Waals surface area contributed by atoms with E-state index in [1.807, 2.05) is 6.07 Å². The highest BCUT2D eigenvalue weighted by atomic mass is 79.9. The van der Waals surface area contributed by atoms with Crippen molar-refractivity contribution in [2.45, 2.75) is 105 Å². The van der Waals surface area contributed by atoms with Crippen LogP contribution in [0, 0.1) is 52.3 Å². The van der Waals surface area contributed by atoms with Gasteiger partial charge in [0.15, 0.2) is 0 Å². The quantitative estimate of drug-likeness (QED) is 0.279. The molecule has 230 valence electrons. The van der Waals surface area contributed by atoms with Crippen LogP contribution in [-0.2, 0) is 24.2 Å². The summed E-state index contributed by atoms with van der Waals surface area (Å²) in [5, 5.41) is 3.31. The second kappa shape index (κ2) is 11.6. The number of amides is 1. The number of thiophene rings is 1. The highest BCUT2D eigenvalue weighted by Gasteiger charge is 2.64. The van der Waals surface area contributed by atoms with Gasteiger partial charge in [-0.05, 0) is 119 Å². The summed E-state index contributed by atoms with van der Waals surface area (Å²) < 4.78 is 40.3. The molecule has 0 aliphatic heterocycles. The normalized spacial score (nSPS) is 38.6. The number of fused-ring (bicyclic) bond motifs is 5. The highest BCUT2D eigenvalue weighted by molar-refractivity contribution is 9.11. The summed E-state index contributed by atoms with van der Waals surface area (Å²) in [7, 11) is -4.62. The van der Waals surface area contributed by atoms with Crippen LogP contribution in [0.15, 0.2) is 15.9 Å². The third-order valence-electron chi connectivity index (χ3n) is 11.9. The molecule has 10 heteroatoms. The summed E-state index contributed by atoms with van der Waals surface area (Å²) in [6.07, 6.45) is 6.22. The molecule has 4 saturated carbocycles. The molecule has 0 aromatic carbocycles. The van der Waals surface area contributed by atoms with Crippen LogP contribution in [0.25, 0.3) is 0 Å². The van der Waals surface area contributed by atoms with Crippen molar-refractivity contribution in [3.63, 3.8) is 0 Å². The Morgan fingerprint density at radius 2 is 1.85 bits per heavy atom. The smallest absolute Gasteiger partial charge is 0.348 e. The second-order valence-corrected chi connectivity index (χ2v) is 17.9. The lowest BCUT2D eigenvalue weighted by Gasteiger charge is -2.62. The van der Waals surface area contributed by atoms with Gasteiger partial charge in [0.05, 0.1) is 15.9 Å². The maximum Gasteiger partial charge on any atom is 0.397 e. The van der Waals surface area contributed by atoms with Crippen LogP contribution < -0.4 is 5.32 Å². The van der Waals surface area contributed by atoms with Crippen molar-refractivity contribution < 1.29 is 26.7 Å². The fraction of sp³-hybridized carbons (Fsp3) is 0.806. The van der Waals surface area contributed by atoms with E-state index in [0.717, 1.165) is 40.8 Å². The van der Waals surface area contributed by atoms with Crippen molar-refractivity contribution >= 4 is 49.4 Å². The number of nitrogens with one attached hydrogen (secondary N) is 1. The van der Waals surface area contributed by atoms with Crippen molar-refractivity contribution in [3.05, 3.63) is 20.8 Å². The number of carbonyl (C=O) groups excluding carboxylic acids is 2. The molecule has 0 spiro atoms. The minimum atomic E-state index is -4.62. The fourth-order valence-corrected chi connectivity index (χ4v) is 12.1. The lowest BCUT2D eigenvalue weighted by Crippen LogP contribution is -2.59. The van der Waals surface area contributed by atoms with Gasteiger partial charge >= 0.3 is 10.4 Å². The minimum Gasteiger partial charge on any atom is -0.348 e. The molecule has 0 saturated heterocycles. The van der Waals surface area contributed by atoms with Gasteiger partial charge in [-0.25, -0.2) is 4.18 Å². The molecule has 2 unspecified atom stereocenters. The highest BCUT2D eigenvalue weighted by Crippen LogP contribution is 2.68. The van der Waals surface area contributed by atoms with Gasteiger partial charge in [-0.3, -0.25) is 14.1 Å². The first-order valence-electron chi connectivity index (χ1n) is 15.3. The predicted octanol–water partition coefficient (Wildman–Crippen LogP) is 7.38. The molecule has 4 fully saturated rings. The largest absolute Gasteiger partial charge is 0.397 e. The van der Waals surface area contributed by atoms with Crippen molar-refractivity contribution in [2.75, 3.05) is 0 Å². The molecule has 2 N–H and O–H groups in total. The van der Waals surface area contributed by atoms with E-state index in [2.05, 4.69) is 61.9 Å². The van der Waals surface area contributed by atoms with Gasteiger partial charge in [-0.15, -0.1) is 11.3 Å². The van der Waals surface area contributed by atoms with E-state index < -0.39 is 16.5 Å². The lowest BCUT2D eigenvalue weighted by molar-refractivity contribution is -0.164. The zero-order valence-corrected chi connectivity index (χ0v) is 28.1. The summed E-state index contributed by atoms with van der Waals surface area (Å²) in [4.78, 5) is 26.9. The zero-order chi connectivity index (χ0) is 29.9. The third-order valence-corrected chi connectivity index (χ3v) is 14.1. The van der Waals surface area contributed by atoms with Crippen LogP contribution in [0.4, 0.5) is 0 Å². The number of carbonyl (C=O) groups is 2. The molecule has 5 rings (SSSR count). The van der Waals surface area contributed by atoms with Gasteiger partial charge in [-0.1, -0.05) is 34.6 Å². The van der Waals surface area contributed by atoms with E-state index in [-0.39, 0.29) is 64.1 Å². The van der Waals surface area contributed by atoms with Gasteiger partial charge in [0, 0.05) is 24.1 Å². The van der Waals surface area contributed by atoms with E-state index in [1.165, 1.54) is 0 Å². The average molecular weight is 673 g/mol. The van der Waals surface area contributed by atoms with Crippen LogP contribution in [0.1, 0.15) is 103 Å². The molecule has 0 radical (unpaired) electrons. The van der Waals surface area contributed by atoms with Crippen LogP contribution in [0.2, 0.25) is 0 Å². The van der Waals surface area contributed by atoms with E-state index in [1.54, 1.807) is 11.3 Å². The number of ketones is 1. The molecule has 1 aromatic rings. The molecule has 1 amide bonds. The molecule has 0 bridgehead atoms. The Labute approximate surface area is 258 Å². The van der Waals surface area contributed by atoms with Crippen LogP contribution in [0.3, 0.4) is 0 Å². The topological polar surface area (TPSA) is 110 Å². The number of Topliss-reactive ketones (excluding diaryl/α,β-unsaturated/α-hetero) is 1. The summed E-state index contributed by atoms with van der Waals surface area (Å²) in [5.74, 6) is 1.74. The lowest BCUT2D eigenvalue weighted by atomic mass is 9.44. The van der Waals surface area contributed by atoms with Crippen molar-refractivity contribution in [3.8, 4) is 0 Å². The molecule has 4 aliphatic rings. The summed E-state index contributed by atoms with van der Waals surface area (Å²) in [5.41, 5.74) is -0.0589. The van der Waals surface area contributed by atoms with E-state index in [9.17, 15) is 22.6 Å². The molecule has 1 aromatic heterocycles. The standard InChI is InChI=1S/C31H46BrNO6S2/c1-17(2)29(25-8-9-26(32)40-25)33-27(35)14-18(3)21-6-7-22-28-23(11-13-31(21,22)5)30(4)12-10-20(34)15-19(30)16-24(28)39-41(36,37)38/h8-9,17-19,21-24,28-29H,6-7,10-16H2,1-5H3,(H,33,35)(H,36,37,38)/t18-,19+,21?,22+,23+,24-,28+,29?,30+,31-/m1/s1. The van der Waals surface area contributed by atoms with Gasteiger partial charge in [0.25, 0.3) is 0 Å². The summed E-state index contributed by atoms with van der Waals surface area (Å²) >= 11 is 5.20. The molecule has 10 atom stereocenters. The fourth-order valence-electron chi connectivity index (χ4n) is 9.95. The zero-order valence-electron chi connectivity index (χ0n) is 24.9. The van der Waals surface area contributed by atoms with Crippen LogP contribution in [-0.4, -0.2) is 30.8 Å². The first kappa shape index (κ1) is 31.6. The monoisotopic (exact) mass is 671 g/mol. The third kappa shape index (κ3) is 6.11. The first-order valence-corrected chi connectivity index (χ1v) is 18.3. The number of hydrogen-bond donors (Lipinski definition) is 2. The number of rotatable bonds is 8. The van der Waals surface area contributed by atoms with E-state index >= 15 is 0 Å². The Bertz CT molecular complexity index is 1260. The molecule has 7 nitrogen and oxygen atoms in total. The maximum atomic E-state index is 13.4. The Morgan fingerprint density at radius 3 is 2.49 bits per heavy atom. The average Bonchev–Trinajstić information content (AvgIpc) is 3.45. The van der Waals surface area contributed by atoms with Gasteiger partial charge in [0.2, 0.25) is 5.91 Å². The Morgan fingerprint density at radius 1 is 1.15 bits per heavy atom. The Hall–Kier alpha value is -0.810. The number of hydrogen-bond acceptors (Lipinski definition) is 6. The SMILES string of the molecule is CC(C)C(NC(=O)C[C@@H](C)C1CC[C@H]2[C@@H]3[C@H](OS(=O)(=O)O)C[C@@H]4CC(=O)CC[C@]4(C)[C@H]3CC[C@]12C)c1ccc(Br)s1. The molecular formula is C31H46BrNO6S2. The summed E-state index contributed by atoms with van der Waals surface area (Å²) in [6, 6.07) is 4.08. The van der Waals surface area contributed by atoms with E-state index in [0.29, 0.717) is 31.6 Å². The van der Waals surface area contributed by atoms with Crippen LogP contribution >= 0.6 is 27.3 Å². The van der Waals surface area contributed by atoms with Gasteiger partial charge < -0.3 is 5.32 Å².